The summed E-state index contributed by atoms with van der Waals surface area (Å²) >= 11 is 0. The zero-order valence-electron chi connectivity index (χ0n) is 26.0. The van der Waals surface area contributed by atoms with E-state index in [-0.39, 0.29) is 23.3 Å². The maximum absolute atomic E-state index is 13.0. The van der Waals surface area contributed by atoms with Crippen LogP contribution in [0.3, 0.4) is 0 Å². The van der Waals surface area contributed by atoms with Crippen molar-refractivity contribution in [3.63, 3.8) is 0 Å². The molecule has 0 spiro atoms. The van der Waals surface area contributed by atoms with E-state index in [0.29, 0.717) is 62.0 Å². The summed E-state index contributed by atoms with van der Waals surface area (Å²) in [5.41, 5.74) is 5.65. The molecule has 10 nitrogen and oxygen atoms in total. The maximum Gasteiger partial charge on any atom is 0.338 e. The summed E-state index contributed by atoms with van der Waals surface area (Å²) in [4.78, 5) is 45.0. The van der Waals surface area contributed by atoms with Crippen LogP contribution in [0, 0.1) is 6.92 Å². The van der Waals surface area contributed by atoms with Crippen LogP contribution in [0.1, 0.15) is 51.6 Å². The van der Waals surface area contributed by atoms with Crippen molar-refractivity contribution in [3.05, 3.63) is 106 Å². The zero-order chi connectivity index (χ0) is 31.8. The molecule has 10 heteroatoms. The van der Waals surface area contributed by atoms with E-state index in [2.05, 4.69) is 17.6 Å². The van der Waals surface area contributed by atoms with Crippen LogP contribution in [-0.2, 0) is 23.1 Å². The first kappa shape index (κ1) is 31.5. The Hall–Kier alpha value is -4.96. The van der Waals surface area contributed by atoms with Gasteiger partial charge in [-0.2, -0.15) is 0 Å². The Balaban J connectivity index is 1.33. The van der Waals surface area contributed by atoms with Crippen molar-refractivity contribution in [2.24, 2.45) is 7.05 Å². The lowest BCUT2D eigenvalue weighted by molar-refractivity contribution is 0.0303. The molecule has 1 fully saturated rings. The van der Waals surface area contributed by atoms with Crippen molar-refractivity contribution >= 4 is 29.1 Å². The number of ether oxygens (including phenoxy) is 2. The molecule has 0 aliphatic carbocycles. The number of nitrogens with zero attached hydrogens (tertiary/aromatic N) is 3. The van der Waals surface area contributed by atoms with Crippen LogP contribution in [0.25, 0.3) is 11.3 Å². The monoisotopic (exact) mass is 609 g/mol. The topological polar surface area (TPSA) is 115 Å². The fourth-order valence-corrected chi connectivity index (χ4v) is 5.15. The lowest BCUT2D eigenvalue weighted by Gasteiger charge is -2.26. The van der Waals surface area contributed by atoms with Gasteiger partial charge < -0.3 is 29.6 Å². The second-order valence-electron chi connectivity index (χ2n) is 11.0. The molecular weight excluding hydrogens is 570 g/mol. The Morgan fingerprint density at radius 3 is 2.51 bits per heavy atom. The Labute approximate surface area is 263 Å². The summed E-state index contributed by atoms with van der Waals surface area (Å²) < 4.78 is 12.3. The summed E-state index contributed by atoms with van der Waals surface area (Å²) in [6.07, 6.45) is 3.50. The van der Waals surface area contributed by atoms with Gasteiger partial charge in [-0.25, -0.2) is 9.78 Å². The molecular formula is C35H39N5O5. The third-order valence-electron chi connectivity index (χ3n) is 7.81. The smallest absolute Gasteiger partial charge is 0.338 e. The summed E-state index contributed by atoms with van der Waals surface area (Å²) in [5.74, 6) is -0.185. The van der Waals surface area contributed by atoms with Gasteiger partial charge in [0.05, 0.1) is 31.1 Å². The van der Waals surface area contributed by atoms with Crippen LogP contribution in [0.2, 0.25) is 0 Å². The minimum atomic E-state index is -0.320. The van der Waals surface area contributed by atoms with E-state index in [0.717, 1.165) is 35.2 Å². The molecule has 2 N–H and O–H groups in total. The Kier molecular flexibility index (Phi) is 10.3. The van der Waals surface area contributed by atoms with Gasteiger partial charge in [0, 0.05) is 55.4 Å². The van der Waals surface area contributed by atoms with Gasteiger partial charge in [0.25, 0.3) is 11.5 Å². The molecule has 0 atom stereocenters. The first-order valence-electron chi connectivity index (χ1n) is 15.3. The standard InChI is InChI=1S/C35H39N5O5/c1-4-5-19-45-35(43)29-10-7-6-9-26(29)22-36-30-12-8-11-28(24(30)2)31-23-39(3)34(42)32(38-31)37-27-15-13-25(14-16-27)33(41)40-17-20-44-21-18-40/h6-16,23,36H,4-5,17-22H2,1-3H3,(H,37,38). The van der Waals surface area contributed by atoms with E-state index in [1.807, 2.05) is 43.3 Å². The largest absolute Gasteiger partial charge is 0.462 e. The van der Waals surface area contributed by atoms with Crippen molar-refractivity contribution in [1.82, 2.24) is 14.5 Å². The molecule has 3 aromatic carbocycles. The highest BCUT2D eigenvalue weighted by Gasteiger charge is 2.19. The van der Waals surface area contributed by atoms with E-state index in [1.165, 1.54) is 4.57 Å². The molecule has 2 heterocycles. The number of benzene rings is 3. The summed E-state index contributed by atoms with van der Waals surface area (Å²) in [6, 6.07) is 20.3. The summed E-state index contributed by atoms with van der Waals surface area (Å²) in [5, 5.41) is 6.60. The van der Waals surface area contributed by atoms with Crippen molar-refractivity contribution < 1.29 is 19.1 Å². The molecule has 4 aromatic rings. The van der Waals surface area contributed by atoms with E-state index in [1.54, 1.807) is 48.5 Å². The third-order valence-corrected chi connectivity index (χ3v) is 7.81. The molecule has 0 saturated carbocycles. The normalized spacial score (nSPS) is 12.9. The van der Waals surface area contributed by atoms with Gasteiger partial charge in [-0.1, -0.05) is 43.7 Å². The molecule has 45 heavy (non-hydrogen) atoms. The Morgan fingerprint density at radius 1 is 1.00 bits per heavy atom. The maximum atomic E-state index is 13.0. The van der Waals surface area contributed by atoms with Gasteiger partial charge in [0.15, 0.2) is 5.82 Å². The lowest BCUT2D eigenvalue weighted by Crippen LogP contribution is -2.40. The highest BCUT2D eigenvalue weighted by atomic mass is 16.5. The minimum absolute atomic E-state index is 0.0414. The number of esters is 1. The van der Waals surface area contributed by atoms with Crippen LogP contribution in [-0.4, -0.2) is 59.2 Å². The Bertz CT molecular complexity index is 1710. The number of aromatic nitrogens is 2. The van der Waals surface area contributed by atoms with E-state index in [4.69, 9.17) is 14.5 Å². The minimum Gasteiger partial charge on any atom is -0.462 e. The second kappa shape index (κ2) is 14.7. The molecule has 1 aliphatic rings. The van der Waals surface area contributed by atoms with E-state index in [9.17, 15) is 14.4 Å². The number of rotatable bonds is 11. The predicted molar refractivity (Wildman–Crippen MR) is 175 cm³/mol. The second-order valence-corrected chi connectivity index (χ2v) is 11.0. The molecule has 1 saturated heterocycles. The van der Waals surface area contributed by atoms with Gasteiger partial charge >= 0.3 is 5.97 Å². The average Bonchev–Trinajstić information content (AvgIpc) is 3.07. The number of carbonyl (C=O) groups is 2. The number of anilines is 3. The van der Waals surface area contributed by atoms with Gasteiger partial charge in [-0.3, -0.25) is 9.59 Å². The molecule has 1 aliphatic heterocycles. The fraction of sp³-hybridized carbons (Fsp3) is 0.314. The highest BCUT2D eigenvalue weighted by Crippen LogP contribution is 2.28. The highest BCUT2D eigenvalue weighted by molar-refractivity contribution is 5.94. The molecule has 5 rings (SSSR count). The quantitative estimate of drug-likeness (QED) is 0.168. The number of hydrogen-bond acceptors (Lipinski definition) is 8. The number of morpholine rings is 1. The third kappa shape index (κ3) is 7.58. The fourth-order valence-electron chi connectivity index (χ4n) is 5.15. The van der Waals surface area contributed by atoms with Crippen LogP contribution in [0.15, 0.2) is 77.7 Å². The number of carbonyl (C=O) groups excluding carboxylic acids is 2. The summed E-state index contributed by atoms with van der Waals surface area (Å²) in [6.45, 7) is 7.11. The first-order valence-corrected chi connectivity index (χ1v) is 15.3. The van der Waals surface area contributed by atoms with Crippen LogP contribution >= 0.6 is 0 Å². The number of aryl methyl sites for hydroxylation is 1. The van der Waals surface area contributed by atoms with E-state index >= 15 is 0 Å². The molecule has 0 unspecified atom stereocenters. The van der Waals surface area contributed by atoms with Gasteiger partial charge in [-0.05, 0) is 60.9 Å². The summed E-state index contributed by atoms with van der Waals surface area (Å²) in [7, 11) is 1.69. The number of nitrogens with one attached hydrogen (secondary N) is 2. The van der Waals surface area contributed by atoms with E-state index < -0.39 is 0 Å². The number of amides is 1. The molecule has 0 radical (unpaired) electrons. The van der Waals surface area contributed by atoms with Crippen LogP contribution in [0.4, 0.5) is 17.2 Å². The molecule has 1 amide bonds. The average molecular weight is 610 g/mol. The van der Waals surface area contributed by atoms with Gasteiger partial charge in [0.1, 0.15) is 0 Å². The van der Waals surface area contributed by atoms with Crippen molar-refractivity contribution in [1.29, 1.82) is 0 Å². The number of hydrogen-bond donors (Lipinski definition) is 2. The Morgan fingerprint density at radius 2 is 1.76 bits per heavy atom. The zero-order valence-corrected chi connectivity index (χ0v) is 26.0. The van der Waals surface area contributed by atoms with Crippen molar-refractivity contribution in [2.45, 2.75) is 33.2 Å². The van der Waals surface area contributed by atoms with Crippen LogP contribution < -0.4 is 16.2 Å². The van der Waals surface area contributed by atoms with Gasteiger partial charge in [0.2, 0.25) is 0 Å². The van der Waals surface area contributed by atoms with Crippen molar-refractivity contribution in [2.75, 3.05) is 43.5 Å². The number of unbranched alkanes of at least 4 members (excludes halogenated alkanes) is 1. The SMILES string of the molecule is CCCCOC(=O)c1ccccc1CNc1cccc(-c2cn(C)c(=O)c(Nc3ccc(C(=O)N4CCOCC4)cc3)n2)c1C. The predicted octanol–water partition coefficient (Wildman–Crippen LogP) is 5.54. The van der Waals surface area contributed by atoms with Crippen LogP contribution in [0.5, 0.6) is 0 Å². The lowest BCUT2D eigenvalue weighted by atomic mass is 10.0. The van der Waals surface area contributed by atoms with Crippen molar-refractivity contribution in [3.8, 4) is 11.3 Å². The molecule has 234 valence electrons. The first-order chi connectivity index (χ1) is 21.9. The molecule has 0 bridgehead atoms. The van der Waals surface area contributed by atoms with Gasteiger partial charge in [-0.15, -0.1) is 0 Å². The molecule has 1 aromatic heterocycles.